The Morgan fingerprint density at radius 2 is 1.94 bits per heavy atom. The van der Waals surface area contributed by atoms with Crippen LogP contribution in [0.2, 0.25) is 0 Å². The molecule has 0 fully saturated rings. The Hall–Kier alpha value is -1.52. The monoisotopic (exact) mass is 272 g/mol. The molecule has 4 heteroatoms. The van der Waals surface area contributed by atoms with Gasteiger partial charge in [-0.15, -0.1) is 11.8 Å². The minimum Gasteiger partial charge on any atom is -0.332 e. The molecule has 1 heterocycles. The van der Waals surface area contributed by atoms with Gasteiger partial charge in [-0.1, -0.05) is 29.5 Å². The molecule has 0 aliphatic rings. The molecule has 2 aromatic carbocycles. The highest BCUT2D eigenvalue weighted by molar-refractivity contribution is 7.98. The van der Waals surface area contributed by atoms with Gasteiger partial charge in [0.2, 0.25) is 0 Å². The number of nitrogens with zero attached hydrogens (tertiary/aromatic N) is 1. The first-order valence-corrected chi connectivity index (χ1v) is 7.66. The SMILES string of the molecule is CSc1ccc2nc(Nc3ccccc3)sc2c1. The number of anilines is 2. The van der Waals surface area contributed by atoms with E-state index < -0.39 is 0 Å². The molecule has 0 bridgehead atoms. The standard InChI is InChI=1S/C14H12N2S2/c1-17-11-7-8-12-13(9-11)18-14(16-12)15-10-5-3-2-4-6-10/h2-9H,1H3,(H,15,16). The average molecular weight is 272 g/mol. The molecular formula is C14H12N2S2. The number of nitrogens with one attached hydrogen (secondary N) is 1. The van der Waals surface area contributed by atoms with Crippen molar-refractivity contribution in [2.24, 2.45) is 0 Å². The molecule has 3 aromatic rings. The van der Waals surface area contributed by atoms with E-state index in [0.717, 1.165) is 16.3 Å². The molecule has 0 amide bonds. The highest BCUT2D eigenvalue weighted by Crippen LogP contribution is 2.30. The molecule has 0 radical (unpaired) electrons. The van der Waals surface area contributed by atoms with Gasteiger partial charge in [-0.2, -0.15) is 0 Å². The van der Waals surface area contributed by atoms with Crippen molar-refractivity contribution >= 4 is 44.1 Å². The lowest BCUT2D eigenvalue weighted by Gasteiger charge is -1.99. The van der Waals surface area contributed by atoms with Crippen LogP contribution in [0.15, 0.2) is 53.4 Å². The molecule has 18 heavy (non-hydrogen) atoms. The van der Waals surface area contributed by atoms with Crippen molar-refractivity contribution < 1.29 is 0 Å². The van der Waals surface area contributed by atoms with Gasteiger partial charge < -0.3 is 5.32 Å². The summed E-state index contributed by atoms with van der Waals surface area (Å²) in [5, 5.41) is 4.27. The Kier molecular flexibility index (Phi) is 3.21. The summed E-state index contributed by atoms with van der Waals surface area (Å²) in [6.45, 7) is 0. The lowest BCUT2D eigenvalue weighted by atomic mass is 10.3. The second-order valence-electron chi connectivity index (χ2n) is 3.84. The number of aromatic nitrogens is 1. The van der Waals surface area contributed by atoms with Crippen LogP contribution in [0, 0.1) is 0 Å². The fraction of sp³-hybridized carbons (Fsp3) is 0.0714. The minimum atomic E-state index is 0.939. The summed E-state index contributed by atoms with van der Waals surface area (Å²) < 4.78 is 1.22. The lowest BCUT2D eigenvalue weighted by molar-refractivity contribution is 1.43. The molecular weight excluding hydrogens is 260 g/mol. The Bertz CT molecular complexity index is 662. The van der Waals surface area contributed by atoms with Gasteiger partial charge in [-0.25, -0.2) is 4.98 Å². The number of benzene rings is 2. The van der Waals surface area contributed by atoms with E-state index in [9.17, 15) is 0 Å². The topological polar surface area (TPSA) is 24.9 Å². The van der Waals surface area contributed by atoms with Gasteiger partial charge in [-0.3, -0.25) is 0 Å². The fourth-order valence-electron chi connectivity index (χ4n) is 1.73. The molecule has 0 aliphatic heterocycles. The van der Waals surface area contributed by atoms with Crippen LogP contribution in [0.1, 0.15) is 0 Å². The highest BCUT2D eigenvalue weighted by atomic mass is 32.2. The molecule has 0 spiro atoms. The molecule has 0 saturated carbocycles. The third-order valence-electron chi connectivity index (χ3n) is 2.62. The molecule has 90 valence electrons. The number of hydrogen-bond donors (Lipinski definition) is 1. The second-order valence-corrected chi connectivity index (χ2v) is 5.75. The number of para-hydroxylation sites is 1. The van der Waals surface area contributed by atoms with Gasteiger partial charge in [0.1, 0.15) is 0 Å². The normalized spacial score (nSPS) is 10.7. The fourth-order valence-corrected chi connectivity index (χ4v) is 3.17. The van der Waals surface area contributed by atoms with Crippen molar-refractivity contribution in [3.63, 3.8) is 0 Å². The second kappa shape index (κ2) is 5.00. The van der Waals surface area contributed by atoms with Crippen LogP contribution >= 0.6 is 23.1 Å². The summed E-state index contributed by atoms with van der Waals surface area (Å²) in [7, 11) is 0. The van der Waals surface area contributed by atoms with Crippen molar-refractivity contribution in [3.8, 4) is 0 Å². The van der Waals surface area contributed by atoms with Crippen molar-refractivity contribution in [2.75, 3.05) is 11.6 Å². The zero-order valence-corrected chi connectivity index (χ0v) is 11.5. The van der Waals surface area contributed by atoms with Gasteiger partial charge in [0.15, 0.2) is 5.13 Å². The first-order chi connectivity index (χ1) is 8.85. The number of thiazole rings is 1. The van der Waals surface area contributed by atoms with Gasteiger partial charge in [-0.05, 0) is 36.6 Å². The molecule has 2 nitrogen and oxygen atoms in total. The summed E-state index contributed by atoms with van der Waals surface area (Å²) in [5.74, 6) is 0. The van der Waals surface area contributed by atoms with Crippen LogP contribution in [0.4, 0.5) is 10.8 Å². The Morgan fingerprint density at radius 1 is 1.11 bits per heavy atom. The van der Waals surface area contributed by atoms with Gasteiger partial charge >= 0.3 is 0 Å². The molecule has 1 N–H and O–H groups in total. The summed E-state index contributed by atoms with van der Waals surface area (Å²) >= 11 is 3.44. The summed E-state index contributed by atoms with van der Waals surface area (Å²) in [5.41, 5.74) is 2.12. The lowest BCUT2D eigenvalue weighted by Crippen LogP contribution is -1.87. The maximum Gasteiger partial charge on any atom is 0.188 e. The predicted octanol–water partition coefficient (Wildman–Crippen LogP) is 4.76. The number of fused-ring (bicyclic) bond motifs is 1. The third-order valence-corrected chi connectivity index (χ3v) is 4.28. The van der Waals surface area contributed by atoms with E-state index in [1.54, 1.807) is 23.1 Å². The summed E-state index contributed by atoms with van der Waals surface area (Å²) in [6, 6.07) is 16.5. The predicted molar refractivity (Wildman–Crippen MR) is 81.1 cm³/mol. The van der Waals surface area contributed by atoms with E-state index in [1.807, 2.05) is 30.3 Å². The number of hydrogen-bond acceptors (Lipinski definition) is 4. The Balaban J connectivity index is 1.94. The van der Waals surface area contributed by atoms with Crippen molar-refractivity contribution in [1.29, 1.82) is 0 Å². The smallest absolute Gasteiger partial charge is 0.188 e. The van der Waals surface area contributed by atoms with E-state index in [2.05, 4.69) is 34.8 Å². The van der Waals surface area contributed by atoms with Crippen LogP contribution in [0.5, 0.6) is 0 Å². The van der Waals surface area contributed by atoms with E-state index >= 15 is 0 Å². The molecule has 1 aromatic heterocycles. The highest BCUT2D eigenvalue weighted by Gasteiger charge is 2.04. The van der Waals surface area contributed by atoms with Gasteiger partial charge in [0.05, 0.1) is 10.2 Å². The quantitative estimate of drug-likeness (QED) is 0.696. The van der Waals surface area contributed by atoms with Crippen molar-refractivity contribution in [2.45, 2.75) is 4.90 Å². The Labute approximate surface area is 114 Å². The maximum absolute atomic E-state index is 4.58. The molecule has 3 rings (SSSR count). The zero-order chi connectivity index (χ0) is 12.4. The zero-order valence-electron chi connectivity index (χ0n) is 9.88. The van der Waals surface area contributed by atoms with Gasteiger partial charge in [0, 0.05) is 10.6 Å². The molecule has 0 saturated heterocycles. The van der Waals surface area contributed by atoms with Crippen LogP contribution in [0.25, 0.3) is 10.2 Å². The third kappa shape index (κ3) is 2.35. The number of rotatable bonds is 3. The van der Waals surface area contributed by atoms with Gasteiger partial charge in [0.25, 0.3) is 0 Å². The average Bonchev–Trinajstić information content (AvgIpc) is 2.80. The van der Waals surface area contributed by atoms with Crippen LogP contribution in [-0.2, 0) is 0 Å². The van der Waals surface area contributed by atoms with E-state index in [-0.39, 0.29) is 0 Å². The first-order valence-electron chi connectivity index (χ1n) is 5.62. The molecule has 0 atom stereocenters. The Morgan fingerprint density at radius 3 is 2.72 bits per heavy atom. The minimum absolute atomic E-state index is 0.939. The number of thioether (sulfide) groups is 1. The van der Waals surface area contributed by atoms with E-state index in [4.69, 9.17) is 0 Å². The first kappa shape index (κ1) is 11.6. The van der Waals surface area contributed by atoms with Crippen LogP contribution in [-0.4, -0.2) is 11.2 Å². The summed E-state index contributed by atoms with van der Waals surface area (Å²) in [4.78, 5) is 5.86. The summed E-state index contributed by atoms with van der Waals surface area (Å²) in [6.07, 6.45) is 2.09. The van der Waals surface area contributed by atoms with Crippen molar-refractivity contribution in [3.05, 3.63) is 48.5 Å². The van der Waals surface area contributed by atoms with Crippen molar-refractivity contribution in [1.82, 2.24) is 4.98 Å². The molecule has 0 aliphatic carbocycles. The van der Waals surface area contributed by atoms with Crippen LogP contribution in [0.3, 0.4) is 0 Å². The van der Waals surface area contributed by atoms with E-state index in [0.29, 0.717) is 0 Å². The molecule has 0 unspecified atom stereocenters. The van der Waals surface area contributed by atoms with Crippen LogP contribution < -0.4 is 5.32 Å². The largest absolute Gasteiger partial charge is 0.332 e. The maximum atomic E-state index is 4.58. The van der Waals surface area contributed by atoms with E-state index in [1.165, 1.54) is 9.60 Å².